The molecule has 0 aliphatic heterocycles. The van der Waals surface area contributed by atoms with Crippen molar-refractivity contribution >= 4 is 30.7 Å². The molecule has 0 N–H and O–H groups in total. The van der Waals surface area contributed by atoms with Crippen molar-refractivity contribution in [3.8, 4) is 11.5 Å². The van der Waals surface area contributed by atoms with Gasteiger partial charge in [0.25, 0.3) is 0 Å². The van der Waals surface area contributed by atoms with Crippen LogP contribution in [0, 0.1) is 23.3 Å². The smallest absolute Gasteiger partial charge is 0.129 e. The van der Waals surface area contributed by atoms with E-state index in [9.17, 15) is 0 Å². The lowest BCUT2D eigenvalue weighted by molar-refractivity contribution is 0.535. The third-order valence-electron chi connectivity index (χ3n) is 2.49. The molecule has 0 nitrogen and oxygen atoms in total. The molecule has 1 rings (SSSR count). The third-order valence-corrected chi connectivity index (χ3v) is 4.52. The van der Waals surface area contributed by atoms with Crippen molar-refractivity contribution in [2.24, 2.45) is 11.8 Å². The lowest BCUT2D eigenvalue weighted by Gasteiger charge is -2.11. The van der Waals surface area contributed by atoms with Crippen LogP contribution in [0.1, 0.15) is 19.3 Å². The molecule has 0 saturated heterocycles. The van der Waals surface area contributed by atoms with Crippen LogP contribution >= 0.6 is 22.6 Å². The van der Waals surface area contributed by atoms with Crippen LogP contribution in [-0.4, -0.2) is 12.5 Å². The summed E-state index contributed by atoms with van der Waals surface area (Å²) >= 11 is 2.51. The molecule has 0 bridgehead atoms. The average Bonchev–Trinajstić information content (AvgIpc) is 2.46. The van der Waals surface area contributed by atoms with E-state index in [1.165, 1.54) is 23.7 Å². The Bertz CT molecular complexity index is 218. The maximum absolute atomic E-state index is 3.53. The first kappa shape index (κ1) is 11.6. The van der Waals surface area contributed by atoms with Crippen molar-refractivity contribution in [3.05, 3.63) is 0 Å². The van der Waals surface area contributed by atoms with Gasteiger partial charge in [-0.25, -0.2) is 0 Å². The molecule has 0 unspecified atom stereocenters. The van der Waals surface area contributed by atoms with Gasteiger partial charge in [-0.05, 0) is 18.8 Å². The molecule has 0 aromatic heterocycles. The van der Waals surface area contributed by atoms with E-state index in [4.69, 9.17) is 0 Å². The SMILES string of the molecule is C[Si](C)(C)C#C[C@H]1CCC[C@H]1CI. The van der Waals surface area contributed by atoms with E-state index in [1.54, 1.807) is 0 Å². The minimum atomic E-state index is -1.13. The Morgan fingerprint density at radius 1 is 1.31 bits per heavy atom. The highest BCUT2D eigenvalue weighted by Gasteiger charge is 2.24. The quantitative estimate of drug-likeness (QED) is 0.300. The van der Waals surface area contributed by atoms with Gasteiger partial charge in [0.05, 0.1) is 0 Å². The highest BCUT2D eigenvalue weighted by Crippen LogP contribution is 2.32. The van der Waals surface area contributed by atoms with Crippen LogP contribution in [0.15, 0.2) is 0 Å². The summed E-state index contributed by atoms with van der Waals surface area (Å²) in [5, 5.41) is 0. The monoisotopic (exact) mass is 306 g/mol. The van der Waals surface area contributed by atoms with Crippen LogP contribution in [0.2, 0.25) is 19.6 Å². The van der Waals surface area contributed by atoms with Crippen molar-refractivity contribution in [1.29, 1.82) is 0 Å². The van der Waals surface area contributed by atoms with Gasteiger partial charge in [-0.2, -0.15) is 0 Å². The standard InChI is InChI=1S/C11H19ISi/c1-13(2,3)8-7-10-5-4-6-11(10)9-12/h10-11H,4-6,9H2,1-3H3/t10-,11+/m1/s1. The van der Waals surface area contributed by atoms with E-state index in [0.29, 0.717) is 0 Å². The molecule has 2 atom stereocenters. The molecule has 0 aromatic carbocycles. The third kappa shape index (κ3) is 4.03. The first-order valence-electron chi connectivity index (χ1n) is 5.11. The summed E-state index contributed by atoms with van der Waals surface area (Å²) < 4.78 is 1.29. The van der Waals surface area contributed by atoms with Gasteiger partial charge in [0.1, 0.15) is 8.07 Å². The van der Waals surface area contributed by atoms with Gasteiger partial charge in [0, 0.05) is 10.3 Å². The fourth-order valence-electron chi connectivity index (χ4n) is 1.72. The molecule has 1 aliphatic rings. The minimum absolute atomic E-state index is 0.726. The minimum Gasteiger partial charge on any atom is -0.132 e. The van der Waals surface area contributed by atoms with Gasteiger partial charge in [0.15, 0.2) is 0 Å². The van der Waals surface area contributed by atoms with Gasteiger partial charge in [-0.1, -0.05) is 48.7 Å². The maximum Gasteiger partial charge on any atom is 0.129 e. The molecular weight excluding hydrogens is 287 g/mol. The zero-order valence-electron chi connectivity index (χ0n) is 8.86. The molecule has 1 fully saturated rings. The number of halogens is 1. The molecule has 0 radical (unpaired) electrons. The van der Waals surface area contributed by atoms with Gasteiger partial charge < -0.3 is 0 Å². The van der Waals surface area contributed by atoms with Crippen molar-refractivity contribution in [3.63, 3.8) is 0 Å². The summed E-state index contributed by atoms with van der Waals surface area (Å²) in [6.07, 6.45) is 4.16. The summed E-state index contributed by atoms with van der Waals surface area (Å²) in [6.45, 7) is 6.98. The lowest BCUT2D eigenvalue weighted by atomic mass is 10.00. The van der Waals surface area contributed by atoms with Gasteiger partial charge in [-0.3, -0.25) is 0 Å². The van der Waals surface area contributed by atoms with E-state index < -0.39 is 8.07 Å². The van der Waals surface area contributed by atoms with Crippen LogP contribution in [0.3, 0.4) is 0 Å². The summed E-state index contributed by atoms with van der Waals surface area (Å²) in [5.74, 6) is 5.15. The number of hydrogen-bond acceptors (Lipinski definition) is 0. The molecular formula is C11H19ISi. The Balaban J connectivity index is 2.56. The summed E-state index contributed by atoms with van der Waals surface area (Å²) in [6, 6.07) is 0. The molecule has 0 spiro atoms. The lowest BCUT2D eigenvalue weighted by Crippen LogP contribution is -2.17. The first-order valence-corrected chi connectivity index (χ1v) is 10.1. The molecule has 2 heteroatoms. The zero-order valence-corrected chi connectivity index (χ0v) is 12.0. The van der Waals surface area contributed by atoms with Crippen molar-refractivity contribution in [1.82, 2.24) is 0 Å². The van der Waals surface area contributed by atoms with Crippen LogP contribution in [-0.2, 0) is 0 Å². The number of rotatable bonds is 1. The molecule has 0 aromatic rings. The molecule has 0 heterocycles. The Morgan fingerprint density at radius 2 is 2.00 bits per heavy atom. The molecule has 1 saturated carbocycles. The second-order valence-electron chi connectivity index (χ2n) is 4.97. The molecule has 74 valence electrons. The molecule has 1 aliphatic carbocycles. The second-order valence-corrected chi connectivity index (χ2v) is 10.6. The number of alkyl halides is 1. The average molecular weight is 306 g/mol. The summed E-state index contributed by atoms with van der Waals surface area (Å²) in [5.41, 5.74) is 3.51. The summed E-state index contributed by atoms with van der Waals surface area (Å²) in [4.78, 5) is 0. The second kappa shape index (κ2) is 4.84. The Kier molecular flexibility index (Phi) is 4.31. The van der Waals surface area contributed by atoms with E-state index in [-0.39, 0.29) is 0 Å². The van der Waals surface area contributed by atoms with Crippen LogP contribution in [0.5, 0.6) is 0 Å². The van der Waals surface area contributed by atoms with E-state index in [0.717, 1.165) is 11.8 Å². The van der Waals surface area contributed by atoms with Gasteiger partial charge in [0.2, 0.25) is 0 Å². The fourth-order valence-corrected chi connectivity index (χ4v) is 3.39. The molecule has 0 amide bonds. The maximum atomic E-state index is 3.53. The highest BCUT2D eigenvalue weighted by atomic mass is 127. The predicted molar refractivity (Wildman–Crippen MR) is 70.8 cm³/mol. The Morgan fingerprint density at radius 3 is 2.54 bits per heavy atom. The largest absolute Gasteiger partial charge is 0.132 e. The van der Waals surface area contributed by atoms with Gasteiger partial charge in [-0.15, -0.1) is 11.5 Å². The molecule has 13 heavy (non-hydrogen) atoms. The highest BCUT2D eigenvalue weighted by molar-refractivity contribution is 14.1. The predicted octanol–water partition coefficient (Wildman–Crippen LogP) is 3.72. The zero-order chi connectivity index (χ0) is 9.90. The fraction of sp³-hybridized carbons (Fsp3) is 0.818. The van der Waals surface area contributed by atoms with E-state index >= 15 is 0 Å². The van der Waals surface area contributed by atoms with Crippen LogP contribution < -0.4 is 0 Å². The van der Waals surface area contributed by atoms with Gasteiger partial charge >= 0.3 is 0 Å². The van der Waals surface area contributed by atoms with Crippen molar-refractivity contribution in [2.45, 2.75) is 38.9 Å². The van der Waals surface area contributed by atoms with Crippen LogP contribution in [0.25, 0.3) is 0 Å². The van der Waals surface area contributed by atoms with E-state index in [1.807, 2.05) is 0 Å². The van der Waals surface area contributed by atoms with Crippen molar-refractivity contribution < 1.29 is 0 Å². The van der Waals surface area contributed by atoms with Crippen LogP contribution in [0.4, 0.5) is 0 Å². The normalized spacial score (nSPS) is 28.3. The summed E-state index contributed by atoms with van der Waals surface area (Å²) in [7, 11) is -1.13. The Hall–Kier alpha value is 0.507. The van der Waals surface area contributed by atoms with Crippen molar-refractivity contribution in [2.75, 3.05) is 4.43 Å². The van der Waals surface area contributed by atoms with E-state index in [2.05, 4.69) is 53.7 Å². The topological polar surface area (TPSA) is 0 Å². The Labute approximate surface area is 97.0 Å². The number of hydrogen-bond donors (Lipinski definition) is 0. The first-order chi connectivity index (χ1) is 6.03.